The van der Waals surface area contributed by atoms with E-state index in [2.05, 4.69) is 31.9 Å². The van der Waals surface area contributed by atoms with Crippen molar-refractivity contribution in [2.45, 2.75) is 19.1 Å². The van der Waals surface area contributed by atoms with Crippen molar-refractivity contribution in [2.24, 2.45) is 5.73 Å². The number of aliphatic hydroxyl groups is 1. The van der Waals surface area contributed by atoms with E-state index >= 15 is 0 Å². The largest absolute Gasteiger partial charge is 0.391 e. The van der Waals surface area contributed by atoms with Crippen LogP contribution in [0.4, 0.5) is 0 Å². The summed E-state index contributed by atoms with van der Waals surface area (Å²) in [6.07, 6.45) is -0.512. The van der Waals surface area contributed by atoms with Crippen molar-refractivity contribution in [1.82, 2.24) is 0 Å². The van der Waals surface area contributed by atoms with Crippen LogP contribution in [-0.4, -0.2) is 11.2 Å². The Bertz CT molecular complexity index is 255. The van der Waals surface area contributed by atoms with Crippen LogP contribution in [0, 0.1) is 0 Å². The van der Waals surface area contributed by atoms with E-state index in [1.807, 2.05) is 6.07 Å². The van der Waals surface area contributed by atoms with Crippen molar-refractivity contribution in [3.63, 3.8) is 0 Å². The fourth-order valence-electron chi connectivity index (χ4n) is 0.765. The van der Waals surface area contributed by atoms with Gasteiger partial charge >= 0.3 is 0 Å². The monoisotopic (exact) mass is 313 g/mol. The Balaban J connectivity index is 2.89. The van der Waals surface area contributed by atoms with E-state index in [9.17, 15) is 5.11 Å². The molecule has 1 aromatic rings. The molecule has 2 atom stereocenters. The van der Waals surface area contributed by atoms with Crippen LogP contribution in [0.5, 0.6) is 0 Å². The lowest BCUT2D eigenvalue weighted by atomic mass is 10.2. The predicted molar refractivity (Wildman–Crippen MR) is 58.3 cm³/mol. The molecule has 0 bridgehead atoms. The third kappa shape index (κ3) is 2.29. The second kappa shape index (κ2) is 4.19. The Morgan fingerprint density at radius 3 is 2.50 bits per heavy atom. The van der Waals surface area contributed by atoms with Crippen LogP contribution < -0.4 is 5.73 Å². The van der Waals surface area contributed by atoms with Crippen LogP contribution in [0.2, 0.25) is 0 Å². The highest BCUT2D eigenvalue weighted by atomic mass is 79.9. The van der Waals surface area contributed by atoms with Gasteiger partial charge in [-0.15, -0.1) is 11.3 Å². The highest BCUT2D eigenvalue weighted by molar-refractivity contribution is 9.13. The minimum Gasteiger partial charge on any atom is -0.391 e. The molecule has 0 aliphatic heterocycles. The number of hydrogen-bond donors (Lipinski definition) is 2. The van der Waals surface area contributed by atoms with Crippen molar-refractivity contribution < 1.29 is 5.11 Å². The summed E-state index contributed by atoms with van der Waals surface area (Å²) in [6.45, 7) is 1.69. The molecule has 0 saturated heterocycles. The molecule has 0 amide bonds. The Kier molecular flexibility index (Phi) is 3.73. The standard InChI is InChI=1S/C7H9Br2NOS/c1-3(11)6(10)5-2-4(8)7(9)12-5/h2-3,6,11H,10H2,1H3/t3-,6-/m1/s1. The van der Waals surface area contributed by atoms with Gasteiger partial charge in [-0.05, 0) is 44.8 Å². The van der Waals surface area contributed by atoms with Gasteiger partial charge < -0.3 is 10.8 Å². The van der Waals surface area contributed by atoms with Gasteiger partial charge in [-0.2, -0.15) is 0 Å². The minimum atomic E-state index is -0.512. The van der Waals surface area contributed by atoms with E-state index in [0.29, 0.717) is 0 Å². The van der Waals surface area contributed by atoms with Gasteiger partial charge in [-0.3, -0.25) is 0 Å². The Labute approximate surface area is 92.0 Å². The number of rotatable bonds is 2. The summed E-state index contributed by atoms with van der Waals surface area (Å²) in [5.41, 5.74) is 5.74. The summed E-state index contributed by atoms with van der Waals surface area (Å²) >= 11 is 8.26. The van der Waals surface area contributed by atoms with Crippen molar-refractivity contribution in [3.05, 3.63) is 19.2 Å². The average Bonchev–Trinajstić information content (AvgIpc) is 2.30. The van der Waals surface area contributed by atoms with E-state index in [1.165, 1.54) is 11.3 Å². The SMILES string of the molecule is C[C@@H](O)[C@@H](N)c1cc(Br)c(Br)s1. The molecule has 3 N–H and O–H groups in total. The van der Waals surface area contributed by atoms with Crippen molar-refractivity contribution in [1.29, 1.82) is 0 Å². The molecule has 0 fully saturated rings. The summed E-state index contributed by atoms with van der Waals surface area (Å²) in [7, 11) is 0. The zero-order chi connectivity index (χ0) is 9.30. The fraction of sp³-hybridized carbons (Fsp3) is 0.429. The topological polar surface area (TPSA) is 46.2 Å². The van der Waals surface area contributed by atoms with Gasteiger partial charge in [0.25, 0.3) is 0 Å². The summed E-state index contributed by atoms with van der Waals surface area (Å²) in [4.78, 5) is 0.976. The maximum Gasteiger partial charge on any atom is 0.0843 e. The molecule has 12 heavy (non-hydrogen) atoms. The van der Waals surface area contributed by atoms with Gasteiger partial charge in [0.05, 0.1) is 15.9 Å². The number of halogens is 2. The van der Waals surface area contributed by atoms with Gasteiger partial charge in [0.15, 0.2) is 0 Å². The van der Waals surface area contributed by atoms with E-state index in [4.69, 9.17) is 5.73 Å². The van der Waals surface area contributed by atoms with Gasteiger partial charge in [0.2, 0.25) is 0 Å². The molecular formula is C7H9Br2NOS. The molecule has 2 nitrogen and oxygen atoms in total. The zero-order valence-electron chi connectivity index (χ0n) is 6.42. The van der Waals surface area contributed by atoms with Crippen LogP contribution in [0.1, 0.15) is 17.8 Å². The Morgan fingerprint density at radius 2 is 2.17 bits per heavy atom. The summed E-state index contributed by atoms with van der Waals surface area (Å²) in [5, 5.41) is 9.23. The van der Waals surface area contributed by atoms with Crippen LogP contribution >= 0.6 is 43.2 Å². The van der Waals surface area contributed by atoms with Gasteiger partial charge in [0.1, 0.15) is 0 Å². The second-order valence-electron chi connectivity index (χ2n) is 2.54. The number of aliphatic hydroxyl groups excluding tert-OH is 1. The van der Waals surface area contributed by atoms with Crippen molar-refractivity contribution in [3.8, 4) is 0 Å². The zero-order valence-corrected chi connectivity index (χ0v) is 10.4. The maximum atomic E-state index is 9.23. The minimum absolute atomic E-state index is 0.294. The smallest absolute Gasteiger partial charge is 0.0843 e. The lowest BCUT2D eigenvalue weighted by Gasteiger charge is -2.11. The molecule has 0 radical (unpaired) electrons. The van der Waals surface area contributed by atoms with Crippen LogP contribution in [0.25, 0.3) is 0 Å². The van der Waals surface area contributed by atoms with E-state index in [1.54, 1.807) is 6.92 Å². The molecule has 5 heteroatoms. The third-order valence-electron chi connectivity index (χ3n) is 1.51. The van der Waals surface area contributed by atoms with Crippen LogP contribution in [0.3, 0.4) is 0 Å². The Hall–Kier alpha value is 0.580. The molecule has 1 aromatic heterocycles. The molecule has 0 aliphatic carbocycles. The van der Waals surface area contributed by atoms with Gasteiger partial charge in [-0.25, -0.2) is 0 Å². The predicted octanol–water partition coefficient (Wildman–Crippen LogP) is 2.65. The number of nitrogens with two attached hydrogens (primary N) is 1. The number of thiophene rings is 1. The van der Waals surface area contributed by atoms with Gasteiger partial charge in [-0.1, -0.05) is 0 Å². The Morgan fingerprint density at radius 1 is 1.58 bits per heavy atom. The lowest BCUT2D eigenvalue weighted by molar-refractivity contribution is 0.165. The summed E-state index contributed by atoms with van der Waals surface area (Å²) in [5.74, 6) is 0. The molecule has 1 rings (SSSR count). The molecule has 0 spiro atoms. The first-order chi connectivity index (χ1) is 5.52. The highest BCUT2D eigenvalue weighted by Gasteiger charge is 2.15. The number of hydrogen-bond acceptors (Lipinski definition) is 3. The summed E-state index contributed by atoms with van der Waals surface area (Å²) in [6, 6.07) is 1.63. The quantitative estimate of drug-likeness (QED) is 0.881. The van der Waals surface area contributed by atoms with Crippen molar-refractivity contribution >= 4 is 43.2 Å². The van der Waals surface area contributed by atoms with Crippen molar-refractivity contribution in [2.75, 3.05) is 0 Å². The third-order valence-corrected chi connectivity index (χ3v) is 4.87. The molecule has 0 saturated carbocycles. The van der Waals surface area contributed by atoms with Crippen LogP contribution in [-0.2, 0) is 0 Å². The molecule has 1 heterocycles. The maximum absolute atomic E-state index is 9.23. The van der Waals surface area contributed by atoms with E-state index in [-0.39, 0.29) is 6.04 Å². The average molecular weight is 315 g/mol. The normalized spacial score (nSPS) is 16.1. The molecule has 0 unspecified atom stereocenters. The summed E-state index contributed by atoms with van der Waals surface area (Å²) < 4.78 is 1.99. The van der Waals surface area contributed by atoms with Gasteiger partial charge in [0, 0.05) is 9.35 Å². The first-order valence-electron chi connectivity index (χ1n) is 3.40. The molecule has 68 valence electrons. The van der Waals surface area contributed by atoms with E-state index < -0.39 is 6.10 Å². The molecule has 0 aromatic carbocycles. The highest BCUT2D eigenvalue weighted by Crippen LogP contribution is 2.35. The molecule has 0 aliphatic rings. The van der Waals surface area contributed by atoms with Crippen LogP contribution in [0.15, 0.2) is 14.3 Å². The first kappa shape index (κ1) is 10.7. The molecular weight excluding hydrogens is 306 g/mol. The lowest BCUT2D eigenvalue weighted by Crippen LogP contribution is -2.21. The fourth-order valence-corrected chi connectivity index (χ4v) is 2.95. The first-order valence-corrected chi connectivity index (χ1v) is 5.81. The van der Waals surface area contributed by atoms with E-state index in [0.717, 1.165) is 13.1 Å². The second-order valence-corrected chi connectivity index (χ2v) is 5.79.